The summed E-state index contributed by atoms with van der Waals surface area (Å²) in [6, 6.07) is 4.45. The molecular formula is C6H6Cl2NO4P. The van der Waals surface area contributed by atoms with Crippen LogP contribution in [0.4, 0.5) is 0 Å². The molecule has 1 atom stereocenters. The maximum Gasteiger partial charge on any atom is 0.544 e. The minimum atomic E-state index is -4.34. The highest BCUT2D eigenvalue weighted by atomic mass is 35.5. The zero-order valence-corrected chi connectivity index (χ0v) is 9.09. The van der Waals surface area contributed by atoms with E-state index < -0.39 is 7.82 Å². The van der Waals surface area contributed by atoms with E-state index in [0.29, 0.717) is 0 Å². The van der Waals surface area contributed by atoms with Gasteiger partial charge in [0, 0.05) is 0 Å². The van der Waals surface area contributed by atoms with E-state index in [1.54, 1.807) is 6.07 Å². The van der Waals surface area contributed by atoms with Crippen molar-refractivity contribution in [1.29, 1.82) is 0 Å². The van der Waals surface area contributed by atoms with Gasteiger partial charge >= 0.3 is 7.82 Å². The molecule has 8 heteroatoms. The van der Waals surface area contributed by atoms with Gasteiger partial charge in [0.2, 0.25) is 0 Å². The van der Waals surface area contributed by atoms with E-state index >= 15 is 0 Å². The third-order valence-electron chi connectivity index (χ3n) is 1.26. The summed E-state index contributed by atoms with van der Waals surface area (Å²) < 4.78 is 19.2. The second-order valence-electron chi connectivity index (χ2n) is 2.22. The topological polar surface area (TPSA) is 81.8 Å². The van der Waals surface area contributed by atoms with Gasteiger partial charge in [0.15, 0.2) is 5.75 Å². The molecule has 0 saturated heterocycles. The lowest BCUT2D eigenvalue weighted by Gasteiger charge is -2.11. The molecule has 1 aromatic carbocycles. The van der Waals surface area contributed by atoms with Crippen molar-refractivity contribution in [2.75, 3.05) is 0 Å². The first-order valence-corrected chi connectivity index (χ1v) is 5.56. The van der Waals surface area contributed by atoms with Gasteiger partial charge in [-0.3, -0.25) is 4.89 Å². The molecule has 0 aromatic heterocycles. The number of hydrogen-bond acceptors (Lipinski definition) is 4. The summed E-state index contributed by atoms with van der Waals surface area (Å²) in [5, 5.41) is 0.174. The van der Waals surface area contributed by atoms with Crippen LogP contribution >= 0.6 is 31.0 Å². The SMILES string of the molecule is NOP(=O)(O)Oc1c(Cl)cccc1Cl. The Bertz CT molecular complexity index is 366. The number of phosphoric acid groups is 1. The molecule has 0 spiro atoms. The Hall–Kier alpha value is -0.290. The first kappa shape index (κ1) is 11.8. The standard InChI is InChI=1S/C6H6Cl2NO4P/c7-4-2-1-3-5(8)6(4)12-14(10,11)13-9/h1-3H,9H2,(H,10,11). The van der Waals surface area contributed by atoms with Crippen molar-refractivity contribution in [1.82, 2.24) is 0 Å². The highest BCUT2D eigenvalue weighted by Crippen LogP contribution is 2.46. The quantitative estimate of drug-likeness (QED) is 0.642. The monoisotopic (exact) mass is 257 g/mol. The van der Waals surface area contributed by atoms with Crippen LogP contribution in [0.5, 0.6) is 5.75 Å². The number of halogens is 2. The summed E-state index contributed by atoms with van der Waals surface area (Å²) in [4.78, 5) is 8.89. The van der Waals surface area contributed by atoms with Crippen molar-refractivity contribution in [3.8, 4) is 5.75 Å². The van der Waals surface area contributed by atoms with Gasteiger partial charge in [0.1, 0.15) is 0 Å². The number of para-hydroxylation sites is 1. The predicted octanol–water partition coefficient (Wildman–Crippen LogP) is 2.36. The lowest BCUT2D eigenvalue weighted by atomic mass is 10.3. The van der Waals surface area contributed by atoms with Crippen LogP contribution in [0.3, 0.4) is 0 Å². The first-order valence-electron chi connectivity index (χ1n) is 3.31. The van der Waals surface area contributed by atoms with E-state index in [1.165, 1.54) is 12.1 Å². The second-order valence-corrected chi connectivity index (χ2v) is 4.36. The molecule has 0 aliphatic carbocycles. The van der Waals surface area contributed by atoms with Gasteiger partial charge in [-0.15, -0.1) is 0 Å². The smallest absolute Gasteiger partial charge is 0.400 e. The van der Waals surface area contributed by atoms with Crippen LogP contribution in [0.1, 0.15) is 0 Å². The summed E-state index contributed by atoms with van der Waals surface area (Å²) >= 11 is 11.3. The van der Waals surface area contributed by atoms with Crippen LogP contribution < -0.4 is 10.4 Å². The Balaban J connectivity index is 3.03. The van der Waals surface area contributed by atoms with E-state index in [-0.39, 0.29) is 15.8 Å². The molecule has 0 fully saturated rings. The third-order valence-corrected chi connectivity index (χ3v) is 2.53. The van der Waals surface area contributed by atoms with Crippen molar-refractivity contribution < 1.29 is 18.6 Å². The first-order chi connectivity index (χ1) is 6.46. The number of benzene rings is 1. The number of hydrogen-bond donors (Lipinski definition) is 2. The minimum absolute atomic E-state index is 0.0869. The van der Waals surface area contributed by atoms with Crippen LogP contribution in [-0.4, -0.2) is 4.89 Å². The van der Waals surface area contributed by atoms with E-state index in [4.69, 9.17) is 28.1 Å². The molecular weight excluding hydrogens is 252 g/mol. The average Bonchev–Trinajstić information content (AvgIpc) is 2.12. The van der Waals surface area contributed by atoms with E-state index in [2.05, 4.69) is 15.0 Å². The zero-order valence-electron chi connectivity index (χ0n) is 6.68. The molecule has 0 aliphatic rings. The lowest BCUT2D eigenvalue weighted by molar-refractivity contribution is 0.208. The maximum absolute atomic E-state index is 10.9. The van der Waals surface area contributed by atoms with Gasteiger partial charge in [0.05, 0.1) is 10.0 Å². The molecule has 0 bridgehead atoms. The Labute approximate surface area is 89.9 Å². The molecule has 78 valence electrons. The van der Waals surface area contributed by atoms with E-state index in [1.807, 2.05) is 0 Å². The molecule has 0 radical (unpaired) electrons. The molecule has 1 aromatic rings. The fourth-order valence-corrected chi connectivity index (χ4v) is 1.76. The summed E-state index contributed by atoms with van der Waals surface area (Å²) in [5.74, 6) is 4.38. The van der Waals surface area contributed by atoms with E-state index in [9.17, 15) is 4.57 Å². The summed E-state index contributed by atoms with van der Waals surface area (Å²) in [6.07, 6.45) is 0. The van der Waals surface area contributed by atoms with Crippen LogP contribution in [0, 0.1) is 0 Å². The molecule has 0 aliphatic heterocycles. The van der Waals surface area contributed by atoms with Gasteiger partial charge in [-0.1, -0.05) is 29.3 Å². The zero-order chi connectivity index (χ0) is 10.8. The van der Waals surface area contributed by atoms with Crippen LogP contribution in [0.15, 0.2) is 18.2 Å². The van der Waals surface area contributed by atoms with Crippen molar-refractivity contribution in [2.45, 2.75) is 0 Å². The van der Waals surface area contributed by atoms with Gasteiger partial charge in [-0.2, -0.15) is 4.62 Å². The molecule has 1 unspecified atom stereocenters. The summed E-state index contributed by atoms with van der Waals surface area (Å²) in [5.41, 5.74) is 0. The Morgan fingerprint density at radius 1 is 1.36 bits per heavy atom. The molecule has 14 heavy (non-hydrogen) atoms. The van der Waals surface area contributed by atoms with Crippen molar-refractivity contribution >= 4 is 31.0 Å². The van der Waals surface area contributed by atoms with Gasteiger partial charge in [0.25, 0.3) is 0 Å². The van der Waals surface area contributed by atoms with Crippen LogP contribution in [-0.2, 0) is 9.19 Å². The van der Waals surface area contributed by atoms with Crippen molar-refractivity contribution in [2.24, 2.45) is 5.90 Å². The van der Waals surface area contributed by atoms with Gasteiger partial charge in [-0.25, -0.2) is 10.5 Å². The van der Waals surface area contributed by atoms with Gasteiger partial charge in [-0.05, 0) is 12.1 Å². The van der Waals surface area contributed by atoms with E-state index in [0.717, 1.165) is 0 Å². The number of rotatable bonds is 3. The summed E-state index contributed by atoms with van der Waals surface area (Å²) in [6.45, 7) is 0. The Kier molecular flexibility index (Phi) is 3.78. The summed E-state index contributed by atoms with van der Waals surface area (Å²) in [7, 11) is -4.34. The number of phosphoric ester groups is 1. The lowest BCUT2D eigenvalue weighted by Crippen LogP contribution is -2.02. The second kappa shape index (κ2) is 4.49. The predicted molar refractivity (Wildman–Crippen MR) is 52.2 cm³/mol. The fourth-order valence-electron chi connectivity index (χ4n) is 0.707. The van der Waals surface area contributed by atoms with Crippen molar-refractivity contribution in [3.63, 3.8) is 0 Å². The number of nitrogens with two attached hydrogens (primary N) is 1. The van der Waals surface area contributed by atoms with Crippen molar-refractivity contribution in [3.05, 3.63) is 28.2 Å². The highest BCUT2D eigenvalue weighted by Gasteiger charge is 2.24. The molecule has 0 heterocycles. The van der Waals surface area contributed by atoms with Crippen LogP contribution in [0.2, 0.25) is 10.0 Å². The third kappa shape index (κ3) is 2.85. The molecule has 0 amide bonds. The molecule has 1 rings (SSSR count). The molecule has 3 N–H and O–H groups in total. The Morgan fingerprint density at radius 3 is 2.29 bits per heavy atom. The average molecular weight is 258 g/mol. The molecule has 0 saturated carbocycles. The highest BCUT2D eigenvalue weighted by molar-refractivity contribution is 7.47. The fraction of sp³-hybridized carbons (Fsp3) is 0. The Morgan fingerprint density at radius 2 is 1.86 bits per heavy atom. The normalized spacial score (nSPS) is 14.9. The minimum Gasteiger partial charge on any atom is -0.400 e. The van der Waals surface area contributed by atoms with Gasteiger partial charge < -0.3 is 4.52 Å². The largest absolute Gasteiger partial charge is 0.544 e. The molecule has 5 nitrogen and oxygen atoms in total. The van der Waals surface area contributed by atoms with Crippen LogP contribution in [0.25, 0.3) is 0 Å². The maximum atomic E-state index is 10.9.